The van der Waals surface area contributed by atoms with Crippen LogP contribution in [-0.4, -0.2) is 29.1 Å². The van der Waals surface area contributed by atoms with Gasteiger partial charge in [0.2, 0.25) is 0 Å². The molecule has 1 aromatic heterocycles. The van der Waals surface area contributed by atoms with Crippen LogP contribution < -0.4 is 10.1 Å². The number of fused-ring (bicyclic) bond motifs is 1. The number of halogens is 2. The number of ether oxygens (including phenoxy) is 1. The highest BCUT2D eigenvalue weighted by Gasteiger charge is 2.14. The summed E-state index contributed by atoms with van der Waals surface area (Å²) in [6, 6.07) is 20.8. The summed E-state index contributed by atoms with van der Waals surface area (Å²) in [5, 5.41) is 4.30. The second-order valence-corrected chi connectivity index (χ2v) is 8.91. The highest BCUT2D eigenvalue weighted by molar-refractivity contribution is 6.36. The first-order chi connectivity index (χ1) is 16.6. The molecule has 0 bridgehead atoms. The number of benzene rings is 3. The lowest BCUT2D eigenvalue weighted by Crippen LogP contribution is -2.24. The number of imidazole rings is 1. The molecule has 1 N–H and O–H groups in total. The predicted octanol–water partition coefficient (Wildman–Crippen LogP) is 6.54. The lowest BCUT2D eigenvalue weighted by molar-refractivity contribution is 0.0953. The minimum absolute atomic E-state index is 0.0685. The van der Waals surface area contributed by atoms with Crippen molar-refractivity contribution in [2.24, 2.45) is 0 Å². The molecule has 5 nitrogen and oxygen atoms in total. The Morgan fingerprint density at radius 2 is 1.68 bits per heavy atom. The van der Waals surface area contributed by atoms with E-state index in [1.807, 2.05) is 36.4 Å². The van der Waals surface area contributed by atoms with Crippen LogP contribution in [0, 0.1) is 0 Å². The third-order valence-electron chi connectivity index (χ3n) is 5.83. The molecule has 3 aromatic carbocycles. The van der Waals surface area contributed by atoms with Crippen molar-refractivity contribution < 1.29 is 9.53 Å². The van der Waals surface area contributed by atoms with Gasteiger partial charge in [-0.1, -0.05) is 47.8 Å². The van der Waals surface area contributed by atoms with Gasteiger partial charge in [-0.25, -0.2) is 4.98 Å². The molecule has 1 heterocycles. The Labute approximate surface area is 209 Å². The zero-order valence-corrected chi connectivity index (χ0v) is 20.6. The van der Waals surface area contributed by atoms with Crippen LogP contribution in [0.3, 0.4) is 0 Å². The monoisotopic (exact) mass is 495 g/mol. The highest BCUT2D eigenvalue weighted by Crippen LogP contribution is 2.28. The number of para-hydroxylation sites is 2. The van der Waals surface area contributed by atoms with E-state index in [2.05, 4.69) is 16.0 Å². The van der Waals surface area contributed by atoms with Crippen LogP contribution in [0.1, 0.15) is 41.0 Å². The van der Waals surface area contributed by atoms with Crippen molar-refractivity contribution in [1.82, 2.24) is 14.9 Å². The van der Waals surface area contributed by atoms with Crippen LogP contribution in [0.25, 0.3) is 11.0 Å². The SMILES string of the molecule is COc1ccc(C(=O)NCCCCCc2nc3ccccc3n2Cc2c(Cl)cccc2Cl)cc1. The Bertz CT molecular complexity index is 1250. The molecule has 4 rings (SSSR count). The number of amides is 1. The summed E-state index contributed by atoms with van der Waals surface area (Å²) in [7, 11) is 1.61. The molecule has 34 heavy (non-hydrogen) atoms. The Kier molecular flexibility index (Phi) is 8.09. The van der Waals surface area contributed by atoms with E-state index in [1.165, 1.54) is 0 Å². The number of carbonyl (C=O) groups excluding carboxylic acids is 1. The van der Waals surface area contributed by atoms with E-state index >= 15 is 0 Å². The average Bonchev–Trinajstić information content (AvgIpc) is 3.20. The maximum atomic E-state index is 12.3. The Hall–Kier alpha value is -3.02. The molecule has 1 amide bonds. The third kappa shape index (κ3) is 5.72. The van der Waals surface area contributed by atoms with Gasteiger partial charge in [0.25, 0.3) is 5.91 Å². The van der Waals surface area contributed by atoms with E-state index in [9.17, 15) is 4.79 Å². The van der Waals surface area contributed by atoms with E-state index in [-0.39, 0.29) is 5.91 Å². The number of unbranched alkanes of at least 4 members (excludes halogenated alkanes) is 2. The molecule has 176 valence electrons. The number of aromatic nitrogens is 2. The van der Waals surface area contributed by atoms with Crippen molar-refractivity contribution in [3.05, 3.63) is 93.7 Å². The Morgan fingerprint density at radius 1 is 0.941 bits per heavy atom. The number of carbonyl (C=O) groups is 1. The fourth-order valence-electron chi connectivity index (χ4n) is 3.97. The van der Waals surface area contributed by atoms with Crippen LogP contribution in [0.5, 0.6) is 5.75 Å². The van der Waals surface area contributed by atoms with Crippen LogP contribution >= 0.6 is 23.2 Å². The summed E-state index contributed by atoms with van der Waals surface area (Å²) in [4.78, 5) is 17.1. The molecule has 0 aliphatic carbocycles. The maximum absolute atomic E-state index is 12.3. The molecule has 0 saturated heterocycles. The molecule has 0 spiro atoms. The van der Waals surface area contributed by atoms with Gasteiger partial charge in [0, 0.05) is 34.1 Å². The molecule has 0 unspecified atom stereocenters. The van der Waals surface area contributed by atoms with Gasteiger partial charge in [0.1, 0.15) is 11.6 Å². The summed E-state index contributed by atoms with van der Waals surface area (Å²) in [5.74, 6) is 1.68. The largest absolute Gasteiger partial charge is 0.497 e. The van der Waals surface area contributed by atoms with Gasteiger partial charge in [-0.3, -0.25) is 4.79 Å². The lowest BCUT2D eigenvalue weighted by atomic mass is 10.1. The van der Waals surface area contributed by atoms with Gasteiger partial charge in [0.05, 0.1) is 24.7 Å². The molecular formula is C27H27Cl2N3O2. The smallest absolute Gasteiger partial charge is 0.251 e. The quantitative estimate of drug-likeness (QED) is 0.254. The second-order valence-electron chi connectivity index (χ2n) is 8.10. The summed E-state index contributed by atoms with van der Waals surface area (Å²) in [6.07, 6.45) is 3.69. The van der Waals surface area contributed by atoms with Gasteiger partial charge in [-0.05, 0) is 61.4 Å². The fraction of sp³-hybridized carbons (Fsp3) is 0.259. The van der Waals surface area contributed by atoms with Crippen molar-refractivity contribution in [3.63, 3.8) is 0 Å². The van der Waals surface area contributed by atoms with Gasteiger partial charge in [-0.15, -0.1) is 0 Å². The number of nitrogens with one attached hydrogen (secondary N) is 1. The van der Waals surface area contributed by atoms with Crippen molar-refractivity contribution in [1.29, 1.82) is 0 Å². The average molecular weight is 496 g/mol. The predicted molar refractivity (Wildman–Crippen MR) is 138 cm³/mol. The molecular weight excluding hydrogens is 469 g/mol. The number of hydrogen-bond donors (Lipinski definition) is 1. The number of hydrogen-bond acceptors (Lipinski definition) is 3. The molecule has 0 saturated carbocycles. The Balaban J connectivity index is 1.33. The van der Waals surface area contributed by atoms with Gasteiger partial charge < -0.3 is 14.6 Å². The van der Waals surface area contributed by atoms with Crippen molar-refractivity contribution >= 4 is 40.1 Å². The number of methoxy groups -OCH3 is 1. The molecule has 0 atom stereocenters. The minimum Gasteiger partial charge on any atom is -0.497 e. The summed E-state index contributed by atoms with van der Waals surface area (Å²) >= 11 is 12.9. The van der Waals surface area contributed by atoms with Crippen LogP contribution in [0.4, 0.5) is 0 Å². The van der Waals surface area contributed by atoms with Crippen molar-refractivity contribution in [3.8, 4) is 5.75 Å². The third-order valence-corrected chi connectivity index (χ3v) is 6.53. The molecule has 4 aromatic rings. The number of nitrogens with zero attached hydrogens (tertiary/aromatic N) is 2. The lowest BCUT2D eigenvalue weighted by Gasteiger charge is -2.12. The van der Waals surface area contributed by atoms with Gasteiger partial charge >= 0.3 is 0 Å². The highest BCUT2D eigenvalue weighted by atomic mass is 35.5. The zero-order chi connectivity index (χ0) is 23.9. The summed E-state index contributed by atoms with van der Waals surface area (Å²) in [6.45, 7) is 1.21. The Morgan fingerprint density at radius 3 is 2.41 bits per heavy atom. The van der Waals surface area contributed by atoms with Crippen molar-refractivity contribution in [2.75, 3.05) is 13.7 Å². The second kappa shape index (κ2) is 11.4. The van der Waals surface area contributed by atoms with Crippen molar-refractivity contribution in [2.45, 2.75) is 32.2 Å². The topological polar surface area (TPSA) is 56.1 Å². The molecule has 0 aliphatic heterocycles. The summed E-state index contributed by atoms with van der Waals surface area (Å²) in [5.41, 5.74) is 3.57. The van der Waals surface area contributed by atoms with E-state index in [4.69, 9.17) is 32.9 Å². The van der Waals surface area contributed by atoms with E-state index in [0.29, 0.717) is 28.7 Å². The molecule has 0 fully saturated rings. The molecule has 7 heteroatoms. The van der Waals surface area contributed by atoms with Crippen LogP contribution in [-0.2, 0) is 13.0 Å². The van der Waals surface area contributed by atoms with Gasteiger partial charge in [0.15, 0.2) is 0 Å². The van der Waals surface area contributed by atoms with E-state index in [1.54, 1.807) is 31.4 Å². The normalized spacial score (nSPS) is 11.0. The maximum Gasteiger partial charge on any atom is 0.251 e. The standard InChI is InChI=1S/C27H27Cl2N3O2/c1-34-20-15-13-19(14-16-20)27(33)30-17-6-2-3-12-26-31-24-10-4-5-11-25(24)32(26)18-21-22(28)8-7-9-23(21)29/h4-5,7-11,13-16H,2-3,6,12,17-18H2,1H3,(H,30,33). The molecule has 0 radical (unpaired) electrons. The number of aryl methyl sites for hydroxylation is 1. The first kappa shape index (κ1) is 24.1. The van der Waals surface area contributed by atoms with E-state index < -0.39 is 0 Å². The van der Waals surface area contributed by atoms with E-state index in [0.717, 1.165) is 53.9 Å². The van der Waals surface area contributed by atoms with Crippen LogP contribution in [0.15, 0.2) is 66.7 Å². The number of rotatable bonds is 10. The van der Waals surface area contributed by atoms with Crippen LogP contribution in [0.2, 0.25) is 10.0 Å². The van der Waals surface area contributed by atoms with Gasteiger partial charge in [-0.2, -0.15) is 0 Å². The zero-order valence-electron chi connectivity index (χ0n) is 19.1. The minimum atomic E-state index is -0.0685. The summed E-state index contributed by atoms with van der Waals surface area (Å²) < 4.78 is 7.33. The first-order valence-electron chi connectivity index (χ1n) is 11.4. The first-order valence-corrected chi connectivity index (χ1v) is 12.1. The molecule has 0 aliphatic rings. The fourth-order valence-corrected chi connectivity index (χ4v) is 4.48.